The second-order valence-corrected chi connectivity index (χ2v) is 11.0. The number of aryl methyl sites for hydroxylation is 1. The van der Waals surface area contributed by atoms with Gasteiger partial charge in [0.05, 0.1) is 26.2 Å². The highest BCUT2D eigenvalue weighted by Crippen LogP contribution is 2.32. The summed E-state index contributed by atoms with van der Waals surface area (Å²) in [6.07, 6.45) is 2.15. The largest absolute Gasteiger partial charge is 0.493 e. The van der Waals surface area contributed by atoms with E-state index in [9.17, 15) is 18.0 Å². The van der Waals surface area contributed by atoms with Gasteiger partial charge in [0.1, 0.15) is 12.6 Å². The maximum Gasteiger partial charge on any atom is 0.244 e. The van der Waals surface area contributed by atoms with Gasteiger partial charge in [-0.2, -0.15) is 0 Å². The second kappa shape index (κ2) is 13.3. The molecule has 0 radical (unpaired) electrons. The molecular weight excluding hydrogens is 494 g/mol. The van der Waals surface area contributed by atoms with Crippen molar-refractivity contribution in [1.29, 1.82) is 0 Å². The van der Waals surface area contributed by atoms with Gasteiger partial charge in [0, 0.05) is 18.7 Å². The summed E-state index contributed by atoms with van der Waals surface area (Å²) in [5.41, 5.74) is 2.12. The second-order valence-electron chi connectivity index (χ2n) is 9.06. The van der Waals surface area contributed by atoms with Crippen LogP contribution < -0.4 is 19.1 Å². The van der Waals surface area contributed by atoms with Crippen molar-refractivity contribution < 1.29 is 27.5 Å². The minimum atomic E-state index is -3.86. The van der Waals surface area contributed by atoms with Gasteiger partial charge in [-0.05, 0) is 44.4 Å². The van der Waals surface area contributed by atoms with Crippen LogP contribution in [-0.4, -0.2) is 64.2 Å². The highest BCUT2D eigenvalue weighted by molar-refractivity contribution is 7.92. The van der Waals surface area contributed by atoms with Gasteiger partial charge in [0.25, 0.3) is 0 Å². The zero-order valence-electron chi connectivity index (χ0n) is 22.8. The summed E-state index contributed by atoms with van der Waals surface area (Å²) in [7, 11) is -0.930. The lowest BCUT2D eigenvalue weighted by Crippen LogP contribution is -2.53. The summed E-state index contributed by atoms with van der Waals surface area (Å²) in [5, 5.41) is 2.96. The molecule has 9 nitrogen and oxygen atoms in total. The monoisotopic (exact) mass is 533 g/mol. The number of amides is 2. The van der Waals surface area contributed by atoms with Crippen molar-refractivity contribution in [2.45, 2.75) is 59.2 Å². The van der Waals surface area contributed by atoms with Gasteiger partial charge >= 0.3 is 0 Å². The molecule has 2 rings (SSSR count). The van der Waals surface area contributed by atoms with Crippen molar-refractivity contribution in [2.24, 2.45) is 0 Å². The molecule has 0 aliphatic heterocycles. The van der Waals surface area contributed by atoms with E-state index in [1.54, 1.807) is 12.1 Å². The molecule has 0 saturated carbocycles. The van der Waals surface area contributed by atoms with E-state index in [-0.39, 0.29) is 24.2 Å². The van der Waals surface area contributed by atoms with Crippen molar-refractivity contribution in [3.05, 3.63) is 53.6 Å². The first kappa shape index (κ1) is 30.0. The van der Waals surface area contributed by atoms with E-state index in [0.717, 1.165) is 28.1 Å². The summed E-state index contributed by atoms with van der Waals surface area (Å²) in [6, 6.07) is 11.5. The Morgan fingerprint density at radius 3 is 2.22 bits per heavy atom. The molecule has 10 heteroatoms. The molecule has 2 atom stereocenters. The number of ether oxygens (including phenoxy) is 2. The first-order valence-electron chi connectivity index (χ1n) is 12.3. The Morgan fingerprint density at radius 2 is 1.68 bits per heavy atom. The Labute approximate surface area is 220 Å². The molecule has 0 aromatic heterocycles. The van der Waals surface area contributed by atoms with Crippen molar-refractivity contribution in [2.75, 3.05) is 31.3 Å². The lowest BCUT2D eigenvalue weighted by atomic mass is 10.1. The number of hydrogen-bond donors (Lipinski definition) is 1. The number of carbonyl (C=O) groups excluding carboxylic acids is 2. The number of anilines is 1. The lowest BCUT2D eigenvalue weighted by Gasteiger charge is -2.33. The van der Waals surface area contributed by atoms with Crippen molar-refractivity contribution in [3.63, 3.8) is 0 Å². The number of sulfonamides is 1. The van der Waals surface area contributed by atoms with Gasteiger partial charge in [0.15, 0.2) is 11.5 Å². The normalized spacial score (nSPS) is 12.8. The quantitative estimate of drug-likeness (QED) is 0.423. The Bertz CT molecular complexity index is 1180. The van der Waals surface area contributed by atoms with Crippen molar-refractivity contribution in [3.8, 4) is 11.5 Å². The molecule has 0 aliphatic rings. The SMILES string of the molecule is CC[C@@H](C)NC(=O)[C@H](CC)N(Cc1cccc(C)c1)C(=O)CN(c1ccc(OC)c(OC)c1)S(C)(=O)=O. The average molecular weight is 534 g/mol. The summed E-state index contributed by atoms with van der Waals surface area (Å²) in [5.74, 6) is -0.000289. The molecule has 0 heterocycles. The Morgan fingerprint density at radius 1 is 1.00 bits per heavy atom. The van der Waals surface area contributed by atoms with Gasteiger partial charge in [0.2, 0.25) is 21.8 Å². The van der Waals surface area contributed by atoms with Crippen LogP contribution in [-0.2, 0) is 26.2 Å². The highest BCUT2D eigenvalue weighted by Gasteiger charge is 2.32. The fraction of sp³-hybridized carbons (Fsp3) is 0.481. The molecule has 2 aromatic rings. The van der Waals surface area contributed by atoms with Crippen molar-refractivity contribution in [1.82, 2.24) is 10.2 Å². The zero-order chi connectivity index (χ0) is 27.8. The topological polar surface area (TPSA) is 105 Å². The number of carbonyl (C=O) groups is 2. The van der Waals surface area contributed by atoms with Gasteiger partial charge in [-0.15, -0.1) is 0 Å². The maximum absolute atomic E-state index is 13.8. The average Bonchev–Trinajstić information content (AvgIpc) is 2.85. The number of nitrogens with zero attached hydrogens (tertiary/aromatic N) is 2. The van der Waals surface area contributed by atoms with E-state index in [1.807, 2.05) is 52.0 Å². The van der Waals surface area contributed by atoms with E-state index in [0.29, 0.717) is 17.9 Å². The summed E-state index contributed by atoms with van der Waals surface area (Å²) < 4.78 is 37.2. The molecule has 0 spiro atoms. The summed E-state index contributed by atoms with van der Waals surface area (Å²) in [6.45, 7) is 7.34. The molecule has 0 bridgehead atoms. The number of benzene rings is 2. The van der Waals surface area contributed by atoms with Crippen LogP contribution in [0.3, 0.4) is 0 Å². The number of nitrogens with one attached hydrogen (secondary N) is 1. The van der Waals surface area contributed by atoms with Gasteiger partial charge in [-0.3, -0.25) is 13.9 Å². The number of rotatable bonds is 13. The summed E-state index contributed by atoms with van der Waals surface area (Å²) in [4.78, 5) is 28.4. The van der Waals surface area contributed by atoms with Crippen LogP contribution in [0.15, 0.2) is 42.5 Å². The minimum Gasteiger partial charge on any atom is -0.493 e. The molecule has 0 aliphatic carbocycles. The van der Waals surface area contributed by atoms with Crippen LogP contribution >= 0.6 is 0 Å². The number of hydrogen-bond acceptors (Lipinski definition) is 6. The van der Waals surface area contributed by atoms with Crippen LogP contribution in [0.25, 0.3) is 0 Å². The van der Waals surface area contributed by atoms with E-state index in [2.05, 4.69) is 5.32 Å². The standard InChI is InChI=1S/C27H39N3O6S/c1-8-20(4)28-27(32)23(9-2)29(17-21-12-10-11-19(3)15-21)26(31)18-30(37(7,33)34)22-13-14-24(35-5)25(16-22)36-6/h10-16,20,23H,8-9,17-18H2,1-7H3,(H,28,32)/t20-,23+/m1/s1. The van der Waals surface area contributed by atoms with Crippen LogP contribution in [0.2, 0.25) is 0 Å². The third kappa shape index (κ3) is 8.11. The van der Waals surface area contributed by atoms with Gasteiger partial charge in [-0.25, -0.2) is 8.42 Å². The fourth-order valence-electron chi connectivity index (χ4n) is 3.96. The molecule has 2 amide bonds. The fourth-order valence-corrected chi connectivity index (χ4v) is 4.80. The Hall–Kier alpha value is -3.27. The maximum atomic E-state index is 13.8. The zero-order valence-corrected chi connectivity index (χ0v) is 23.6. The molecule has 2 aromatic carbocycles. The van der Waals surface area contributed by atoms with E-state index < -0.39 is 28.5 Å². The van der Waals surface area contributed by atoms with Crippen LogP contribution in [0.4, 0.5) is 5.69 Å². The highest BCUT2D eigenvalue weighted by atomic mass is 32.2. The molecule has 0 saturated heterocycles. The number of methoxy groups -OCH3 is 2. The molecule has 0 unspecified atom stereocenters. The van der Waals surface area contributed by atoms with Gasteiger partial charge < -0.3 is 19.7 Å². The molecular formula is C27H39N3O6S. The Balaban J connectivity index is 2.49. The van der Waals surface area contributed by atoms with Gasteiger partial charge in [-0.1, -0.05) is 43.7 Å². The predicted octanol–water partition coefficient (Wildman–Crippen LogP) is 3.50. The van der Waals surface area contributed by atoms with Crippen molar-refractivity contribution >= 4 is 27.5 Å². The summed E-state index contributed by atoms with van der Waals surface area (Å²) >= 11 is 0. The lowest BCUT2D eigenvalue weighted by molar-refractivity contribution is -0.140. The first-order chi connectivity index (χ1) is 17.4. The van der Waals surface area contributed by atoms with E-state index in [4.69, 9.17) is 9.47 Å². The molecule has 1 N–H and O–H groups in total. The third-order valence-corrected chi connectivity index (χ3v) is 7.30. The molecule has 37 heavy (non-hydrogen) atoms. The third-order valence-electron chi connectivity index (χ3n) is 6.16. The van der Waals surface area contributed by atoms with Crippen LogP contribution in [0.5, 0.6) is 11.5 Å². The first-order valence-corrected chi connectivity index (χ1v) is 14.1. The molecule has 0 fully saturated rings. The van der Waals surface area contributed by atoms with E-state index >= 15 is 0 Å². The Kier molecular flexibility index (Phi) is 10.8. The molecule has 204 valence electrons. The smallest absolute Gasteiger partial charge is 0.244 e. The van der Waals surface area contributed by atoms with Crippen LogP contribution in [0.1, 0.15) is 44.7 Å². The minimum absolute atomic E-state index is 0.0586. The predicted molar refractivity (Wildman–Crippen MR) is 145 cm³/mol. The van der Waals surface area contributed by atoms with Crippen LogP contribution in [0, 0.1) is 6.92 Å². The van der Waals surface area contributed by atoms with E-state index in [1.165, 1.54) is 25.2 Å².